The van der Waals surface area contributed by atoms with Crippen molar-refractivity contribution in [1.29, 1.82) is 0 Å². The molecule has 0 spiro atoms. The minimum absolute atomic E-state index is 0.0712. The van der Waals surface area contributed by atoms with Crippen molar-refractivity contribution >= 4 is 35.8 Å². The van der Waals surface area contributed by atoms with Crippen LogP contribution >= 0.6 is 11.6 Å². The van der Waals surface area contributed by atoms with E-state index in [0.717, 1.165) is 11.1 Å². The molecule has 2 aromatic rings. The second kappa shape index (κ2) is 15.8. The lowest BCUT2D eigenvalue weighted by molar-refractivity contribution is -0.131. The molecule has 0 aliphatic heterocycles. The summed E-state index contributed by atoms with van der Waals surface area (Å²) in [5.41, 5.74) is 1.66. The van der Waals surface area contributed by atoms with Gasteiger partial charge < -0.3 is 25.5 Å². The summed E-state index contributed by atoms with van der Waals surface area (Å²) >= 11 is 5.93. The van der Waals surface area contributed by atoms with Crippen LogP contribution in [0.3, 0.4) is 0 Å². The molecule has 2 rings (SSSR count). The van der Waals surface area contributed by atoms with Crippen LogP contribution in [0.5, 0.6) is 0 Å². The average Bonchev–Trinajstić information content (AvgIpc) is 2.87. The Morgan fingerprint density at radius 2 is 1.34 bits per heavy atom. The third kappa shape index (κ3) is 11.3. The fourth-order valence-electron chi connectivity index (χ4n) is 3.88. The molecule has 3 amide bonds. The van der Waals surface area contributed by atoms with Crippen LogP contribution in [0.1, 0.15) is 51.7 Å². The normalized spacial score (nSPS) is 13.3. The molecule has 206 valence electrons. The van der Waals surface area contributed by atoms with Crippen molar-refractivity contribution in [3.8, 4) is 0 Å². The molecule has 0 aromatic heterocycles. The Morgan fingerprint density at radius 3 is 1.89 bits per heavy atom. The molecule has 0 radical (unpaired) electrons. The second-order valence-electron chi connectivity index (χ2n) is 10.2. The van der Waals surface area contributed by atoms with E-state index in [9.17, 15) is 19.2 Å². The van der Waals surface area contributed by atoms with Crippen molar-refractivity contribution in [2.75, 3.05) is 0 Å². The first-order valence-electron chi connectivity index (χ1n) is 12.8. The first kappa shape index (κ1) is 30.8. The van der Waals surface area contributed by atoms with E-state index < -0.39 is 36.0 Å². The number of aldehydes is 1. The zero-order valence-electron chi connectivity index (χ0n) is 22.4. The van der Waals surface area contributed by atoms with Crippen molar-refractivity contribution in [2.24, 2.45) is 11.8 Å². The van der Waals surface area contributed by atoms with Gasteiger partial charge in [0.15, 0.2) is 0 Å². The highest BCUT2D eigenvalue weighted by molar-refractivity contribution is 6.30. The molecular formula is C29H38ClN3O5. The van der Waals surface area contributed by atoms with Crippen LogP contribution in [0.2, 0.25) is 5.02 Å². The largest absolute Gasteiger partial charge is 0.445 e. The minimum Gasteiger partial charge on any atom is -0.445 e. The zero-order chi connectivity index (χ0) is 28.1. The number of hydrogen-bond acceptors (Lipinski definition) is 5. The molecule has 3 N–H and O–H groups in total. The van der Waals surface area contributed by atoms with Crippen molar-refractivity contribution in [3.05, 3.63) is 70.7 Å². The molecule has 0 aliphatic carbocycles. The lowest BCUT2D eigenvalue weighted by Gasteiger charge is -2.26. The summed E-state index contributed by atoms with van der Waals surface area (Å²) in [5, 5.41) is 8.72. The zero-order valence-corrected chi connectivity index (χ0v) is 23.2. The van der Waals surface area contributed by atoms with Gasteiger partial charge in [0.2, 0.25) is 11.8 Å². The van der Waals surface area contributed by atoms with Crippen molar-refractivity contribution in [1.82, 2.24) is 16.0 Å². The summed E-state index contributed by atoms with van der Waals surface area (Å²) in [5.74, 6) is -0.773. The average molecular weight is 544 g/mol. The highest BCUT2D eigenvalue weighted by Crippen LogP contribution is 2.12. The summed E-state index contributed by atoms with van der Waals surface area (Å²) in [6.45, 7) is 7.80. The number of alkyl carbamates (subject to hydrolysis) is 1. The van der Waals surface area contributed by atoms with Gasteiger partial charge in [-0.3, -0.25) is 9.59 Å². The van der Waals surface area contributed by atoms with Crippen molar-refractivity contribution in [2.45, 2.75) is 71.7 Å². The molecule has 8 nitrogen and oxygen atoms in total. The number of nitrogens with one attached hydrogen (secondary N) is 3. The van der Waals surface area contributed by atoms with Crippen LogP contribution in [0.25, 0.3) is 0 Å². The standard InChI is InChI=1S/C29H38ClN3O5/c1-19(2)14-25(27(35)31-24(17-34)16-21-10-12-23(30)13-11-21)32-28(36)26(15-20(3)4)33-29(37)38-18-22-8-6-5-7-9-22/h5-13,17,19-20,24-26H,14-16,18H2,1-4H3,(H,31,35)(H,32,36)(H,33,37). The molecule has 0 fully saturated rings. The maximum Gasteiger partial charge on any atom is 0.408 e. The first-order chi connectivity index (χ1) is 18.1. The quantitative estimate of drug-likeness (QED) is 0.305. The lowest BCUT2D eigenvalue weighted by Crippen LogP contribution is -2.55. The Bertz CT molecular complexity index is 1040. The number of halogens is 1. The van der Waals surface area contributed by atoms with E-state index in [1.807, 2.05) is 58.0 Å². The van der Waals surface area contributed by atoms with E-state index in [2.05, 4.69) is 16.0 Å². The molecule has 2 aromatic carbocycles. The summed E-state index contributed by atoms with van der Waals surface area (Å²) in [6.07, 6.45) is 0.961. The molecule has 0 saturated carbocycles. The molecule has 0 bridgehead atoms. The highest BCUT2D eigenvalue weighted by atomic mass is 35.5. The van der Waals surface area contributed by atoms with Crippen LogP contribution in [-0.4, -0.2) is 42.3 Å². The molecule has 0 aliphatic rings. The van der Waals surface area contributed by atoms with Gasteiger partial charge in [-0.1, -0.05) is 81.8 Å². The SMILES string of the molecule is CC(C)CC(NC(=O)OCc1ccccc1)C(=O)NC(CC(C)C)C(=O)NC(C=O)Cc1ccc(Cl)cc1. The number of carbonyl (C=O) groups excluding carboxylic acids is 4. The van der Waals surface area contributed by atoms with E-state index in [4.69, 9.17) is 16.3 Å². The van der Waals surface area contributed by atoms with Gasteiger partial charge in [-0.15, -0.1) is 0 Å². The highest BCUT2D eigenvalue weighted by Gasteiger charge is 2.29. The van der Waals surface area contributed by atoms with Gasteiger partial charge in [0, 0.05) is 5.02 Å². The first-order valence-corrected chi connectivity index (χ1v) is 13.2. The molecular weight excluding hydrogens is 506 g/mol. The molecule has 0 heterocycles. The van der Waals surface area contributed by atoms with E-state index in [0.29, 0.717) is 30.6 Å². The van der Waals surface area contributed by atoms with Crippen LogP contribution < -0.4 is 16.0 Å². The Morgan fingerprint density at radius 1 is 0.789 bits per heavy atom. The number of hydrogen-bond donors (Lipinski definition) is 3. The lowest BCUT2D eigenvalue weighted by atomic mass is 9.99. The van der Waals surface area contributed by atoms with Crippen LogP contribution in [0.15, 0.2) is 54.6 Å². The number of benzene rings is 2. The Balaban J connectivity index is 2.04. The predicted octanol–water partition coefficient (Wildman–Crippen LogP) is 4.44. The van der Waals surface area contributed by atoms with Gasteiger partial charge in [-0.25, -0.2) is 4.79 Å². The van der Waals surface area contributed by atoms with Gasteiger partial charge >= 0.3 is 6.09 Å². The number of ether oxygens (including phenoxy) is 1. The fourth-order valence-corrected chi connectivity index (χ4v) is 4.00. The summed E-state index contributed by atoms with van der Waals surface area (Å²) in [6, 6.07) is 13.7. The number of amides is 3. The maximum atomic E-state index is 13.2. The van der Waals surface area contributed by atoms with Crippen molar-refractivity contribution in [3.63, 3.8) is 0 Å². The summed E-state index contributed by atoms with van der Waals surface area (Å²) in [7, 11) is 0. The van der Waals surface area contributed by atoms with Crippen molar-refractivity contribution < 1.29 is 23.9 Å². The van der Waals surface area contributed by atoms with Crippen LogP contribution in [0.4, 0.5) is 4.79 Å². The molecule has 38 heavy (non-hydrogen) atoms. The molecule has 3 atom stereocenters. The van der Waals surface area contributed by atoms with E-state index >= 15 is 0 Å². The third-order valence-corrected chi connectivity index (χ3v) is 5.98. The van der Waals surface area contributed by atoms with Gasteiger partial charge in [-0.05, 0) is 54.4 Å². The van der Waals surface area contributed by atoms with Gasteiger partial charge in [-0.2, -0.15) is 0 Å². The maximum absolute atomic E-state index is 13.2. The van der Waals surface area contributed by atoms with Crippen LogP contribution in [0, 0.1) is 11.8 Å². The van der Waals surface area contributed by atoms with Crippen LogP contribution in [-0.2, 0) is 32.1 Å². The fraction of sp³-hybridized carbons (Fsp3) is 0.448. The summed E-state index contributed by atoms with van der Waals surface area (Å²) in [4.78, 5) is 50.5. The Kier molecular flexibility index (Phi) is 12.8. The number of carbonyl (C=O) groups is 4. The van der Waals surface area contributed by atoms with E-state index in [-0.39, 0.29) is 18.4 Å². The Hall–Kier alpha value is -3.39. The topological polar surface area (TPSA) is 114 Å². The molecule has 9 heteroatoms. The Labute approximate surface area is 229 Å². The minimum atomic E-state index is -0.892. The van der Waals surface area contributed by atoms with E-state index in [1.54, 1.807) is 24.3 Å². The van der Waals surface area contributed by atoms with Gasteiger partial charge in [0.25, 0.3) is 0 Å². The smallest absolute Gasteiger partial charge is 0.408 e. The summed E-state index contributed by atoms with van der Waals surface area (Å²) < 4.78 is 5.28. The third-order valence-electron chi connectivity index (χ3n) is 5.73. The molecule has 0 saturated heterocycles. The van der Waals surface area contributed by atoms with E-state index in [1.165, 1.54) is 0 Å². The van der Waals surface area contributed by atoms with Gasteiger partial charge in [0.1, 0.15) is 25.0 Å². The second-order valence-corrected chi connectivity index (χ2v) is 10.6. The monoisotopic (exact) mass is 543 g/mol. The van der Waals surface area contributed by atoms with Gasteiger partial charge in [0.05, 0.1) is 6.04 Å². The number of rotatable bonds is 14. The molecule has 3 unspecified atom stereocenters. The predicted molar refractivity (Wildman–Crippen MR) is 148 cm³/mol.